The maximum Gasteiger partial charge on any atom is 0.111 e. The zero-order valence-electron chi connectivity index (χ0n) is 9.31. The molecule has 0 saturated carbocycles. The first-order valence-corrected chi connectivity index (χ1v) is 4.95. The lowest BCUT2D eigenvalue weighted by atomic mass is 10.4. The fraction of sp³-hybridized carbons (Fsp3) is 0.636. The van der Waals surface area contributed by atoms with Gasteiger partial charge in [-0.15, -0.1) is 0 Å². The van der Waals surface area contributed by atoms with Crippen molar-refractivity contribution in [2.75, 3.05) is 33.0 Å². The van der Waals surface area contributed by atoms with E-state index < -0.39 is 0 Å². The van der Waals surface area contributed by atoms with Crippen LogP contribution in [0.2, 0.25) is 0 Å². The summed E-state index contributed by atoms with van der Waals surface area (Å²) in [5.41, 5.74) is 0. The predicted octanol–water partition coefficient (Wildman–Crippen LogP) is 1.73. The van der Waals surface area contributed by atoms with E-state index in [2.05, 4.69) is 13.2 Å². The largest absolute Gasteiger partial charge is 0.499 e. The summed E-state index contributed by atoms with van der Waals surface area (Å²) >= 11 is 0. The van der Waals surface area contributed by atoms with Crippen LogP contribution in [-0.2, 0) is 18.9 Å². The van der Waals surface area contributed by atoms with E-state index in [0.717, 1.165) is 0 Å². The lowest BCUT2D eigenvalue weighted by Crippen LogP contribution is -2.19. The van der Waals surface area contributed by atoms with Crippen LogP contribution >= 0.6 is 0 Å². The van der Waals surface area contributed by atoms with Crippen LogP contribution in [0, 0.1) is 0 Å². The fourth-order valence-corrected chi connectivity index (χ4v) is 0.869. The normalized spacial score (nSPS) is 11.8. The summed E-state index contributed by atoms with van der Waals surface area (Å²) in [5, 5.41) is 0. The third-order valence-corrected chi connectivity index (χ3v) is 1.54. The molecule has 4 heteroatoms. The molecule has 88 valence electrons. The van der Waals surface area contributed by atoms with Gasteiger partial charge < -0.3 is 18.9 Å². The first-order valence-electron chi connectivity index (χ1n) is 4.95. The first-order chi connectivity index (χ1) is 7.31. The van der Waals surface area contributed by atoms with Gasteiger partial charge in [-0.3, -0.25) is 0 Å². The molecule has 0 amide bonds. The van der Waals surface area contributed by atoms with Gasteiger partial charge in [-0.2, -0.15) is 0 Å². The van der Waals surface area contributed by atoms with Crippen LogP contribution in [0.3, 0.4) is 0 Å². The van der Waals surface area contributed by atoms with Crippen molar-refractivity contribution in [3.8, 4) is 0 Å². The third-order valence-electron chi connectivity index (χ3n) is 1.54. The van der Waals surface area contributed by atoms with Crippen molar-refractivity contribution >= 4 is 0 Å². The molecule has 4 nitrogen and oxygen atoms in total. The Balaban J connectivity index is 3.14. The second-order valence-corrected chi connectivity index (χ2v) is 2.83. The Bertz CT molecular complexity index is 159. The Kier molecular flexibility index (Phi) is 10.3. The van der Waals surface area contributed by atoms with Crippen LogP contribution in [0.5, 0.6) is 0 Å². The molecule has 0 heterocycles. The number of ether oxygens (including phenoxy) is 4. The van der Waals surface area contributed by atoms with Crippen molar-refractivity contribution in [2.45, 2.75) is 13.0 Å². The van der Waals surface area contributed by atoms with Crippen LogP contribution in [0.1, 0.15) is 6.92 Å². The molecule has 0 aromatic carbocycles. The van der Waals surface area contributed by atoms with Gasteiger partial charge >= 0.3 is 0 Å². The molecule has 0 N–H and O–H groups in total. The lowest BCUT2D eigenvalue weighted by Gasteiger charge is -2.13. The van der Waals surface area contributed by atoms with Gasteiger partial charge in [0.25, 0.3) is 0 Å². The molecule has 0 aromatic rings. The molecule has 1 unspecified atom stereocenters. The molecule has 15 heavy (non-hydrogen) atoms. The van der Waals surface area contributed by atoms with E-state index in [0.29, 0.717) is 33.0 Å². The number of hydrogen-bond acceptors (Lipinski definition) is 4. The second kappa shape index (κ2) is 11.1. The quantitative estimate of drug-likeness (QED) is 0.389. The molecule has 0 fully saturated rings. The van der Waals surface area contributed by atoms with Crippen molar-refractivity contribution in [1.82, 2.24) is 0 Å². The predicted molar refractivity (Wildman–Crippen MR) is 58.5 cm³/mol. The van der Waals surface area contributed by atoms with Crippen molar-refractivity contribution in [2.24, 2.45) is 0 Å². The summed E-state index contributed by atoms with van der Waals surface area (Å²) in [6, 6.07) is 0. The summed E-state index contributed by atoms with van der Waals surface area (Å²) in [4.78, 5) is 0. The topological polar surface area (TPSA) is 36.9 Å². The average Bonchev–Trinajstić information content (AvgIpc) is 2.24. The van der Waals surface area contributed by atoms with Crippen LogP contribution in [0.4, 0.5) is 0 Å². The van der Waals surface area contributed by atoms with Crippen LogP contribution in [-0.4, -0.2) is 39.1 Å². The monoisotopic (exact) mass is 216 g/mol. The Morgan fingerprint density at radius 1 is 1.00 bits per heavy atom. The molecular weight excluding hydrogens is 196 g/mol. The molecule has 0 aliphatic rings. The highest BCUT2D eigenvalue weighted by Gasteiger charge is 2.01. The van der Waals surface area contributed by atoms with Gasteiger partial charge in [-0.1, -0.05) is 13.2 Å². The number of hydrogen-bond donors (Lipinski definition) is 0. The summed E-state index contributed by atoms with van der Waals surface area (Å²) < 4.78 is 20.5. The molecule has 0 aromatic heterocycles. The van der Waals surface area contributed by atoms with Crippen molar-refractivity contribution in [1.29, 1.82) is 0 Å². The minimum atomic E-state index is 0.0575. The minimum absolute atomic E-state index is 0.0575. The fourth-order valence-electron chi connectivity index (χ4n) is 0.869. The first kappa shape index (κ1) is 14.0. The van der Waals surface area contributed by atoms with Crippen LogP contribution in [0.15, 0.2) is 25.7 Å². The van der Waals surface area contributed by atoms with Gasteiger partial charge in [0.1, 0.15) is 13.2 Å². The molecule has 0 saturated heterocycles. The highest BCUT2D eigenvalue weighted by molar-refractivity contribution is 4.51. The van der Waals surface area contributed by atoms with Gasteiger partial charge in [0.15, 0.2) is 0 Å². The van der Waals surface area contributed by atoms with E-state index in [-0.39, 0.29) is 6.10 Å². The Morgan fingerprint density at radius 3 is 2.20 bits per heavy atom. The van der Waals surface area contributed by atoms with Gasteiger partial charge in [-0.25, -0.2) is 0 Å². The van der Waals surface area contributed by atoms with E-state index >= 15 is 0 Å². The van der Waals surface area contributed by atoms with Crippen molar-refractivity contribution in [3.05, 3.63) is 25.7 Å². The Labute approximate surface area is 91.5 Å². The van der Waals surface area contributed by atoms with Gasteiger partial charge in [-0.05, 0) is 6.92 Å². The molecule has 0 rings (SSSR count). The van der Waals surface area contributed by atoms with Crippen molar-refractivity contribution in [3.63, 3.8) is 0 Å². The zero-order valence-corrected chi connectivity index (χ0v) is 9.31. The molecular formula is C11H20O4. The van der Waals surface area contributed by atoms with E-state index in [1.54, 1.807) is 0 Å². The summed E-state index contributed by atoms with van der Waals surface area (Å²) in [6.07, 6.45) is 2.86. The van der Waals surface area contributed by atoms with E-state index in [9.17, 15) is 0 Å². The molecule has 0 spiro atoms. The Hall–Kier alpha value is -1.00. The Morgan fingerprint density at radius 2 is 1.60 bits per heavy atom. The van der Waals surface area contributed by atoms with E-state index in [1.165, 1.54) is 12.5 Å². The van der Waals surface area contributed by atoms with E-state index in [4.69, 9.17) is 18.9 Å². The summed E-state index contributed by atoms with van der Waals surface area (Å²) in [5.74, 6) is 0. The molecule has 0 radical (unpaired) electrons. The number of rotatable bonds is 11. The van der Waals surface area contributed by atoms with Gasteiger partial charge in [0.2, 0.25) is 0 Å². The van der Waals surface area contributed by atoms with Crippen LogP contribution in [0.25, 0.3) is 0 Å². The van der Waals surface area contributed by atoms with E-state index in [1.807, 2.05) is 6.92 Å². The third kappa shape index (κ3) is 10.9. The SMILES string of the molecule is C=COCCOCC(C)OCCOC=C. The highest BCUT2D eigenvalue weighted by atomic mass is 16.6. The standard InChI is InChI=1S/C11H20O4/c1-4-12-6-7-14-10-11(3)15-9-8-13-5-2/h4-5,11H,1-2,6-10H2,3H3. The second-order valence-electron chi connectivity index (χ2n) is 2.83. The maximum atomic E-state index is 5.39. The highest BCUT2D eigenvalue weighted by Crippen LogP contribution is 1.92. The molecule has 1 atom stereocenters. The summed E-state index contributed by atoms with van der Waals surface area (Å²) in [6.45, 7) is 11.5. The summed E-state index contributed by atoms with van der Waals surface area (Å²) in [7, 11) is 0. The zero-order chi connectivity index (χ0) is 11.4. The molecule has 0 aliphatic carbocycles. The smallest absolute Gasteiger partial charge is 0.111 e. The van der Waals surface area contributed by atoms with Gasteiger partial charge in [0.05, 0.1) is 38.4 Å². The lowest BCUT2D eigenvalue weighted by molar-refractivity contribution is -0.0267. The van der Waals surface area contributed by atoms with Crippen molar-refractivity contribution < 1.29 is 18.9 Å². The average molecular weight is 216 g/mol. The van der Waals surface area contributed by atoms with Gasteiger partial charge in [0, 0.05) is 0 Å². The molecule has 0 aliphatic heterocycles. The molecule has 0 bridgehead atoms. The van der Waals surface area contributed by atoms with Crippen LogP contribution < -0.4 is 0 Å². The maximum absolute atomic E-state index is 5.39. The minimum Gasteiger partial charge on any atom is -0.499 e.